The number of para-hydroxylation sites is 1. The molecule has 0 atom stereocenters. The minimum absolute atomic E-state index is 0.0767. The van der Waals surface area contributed by atoms with Gasteiger partial charge in [-0.25, -0.2) is 14.4 Å². The van der Waals surface area contributed by atoms with Gasteiger partial charge in [-0.05, 0) is 54.6 Å². The van der Waals surface area contributed by atoms with E-state index in [2.05, 4.69) is 15.3 Å². The van der Waals surface area contributed by atoms with E-state index in [1.807, 2.05) is 0 Å². The molecule has 0 radical (unpaired) electrons. The molecule has 0 fully saturated rings. The minimum Gasteiger partial charge on any atom is -0.493 e. The molecule has 0 aliphatic rings. The SMILES string of the molecule is COc1cc2ncnc(Oc3cccc(NC(=O)c4cn(-c5ccc(F)cc5)c5ccccc5c4=O)c3)c2cc1OC. The predicted octanol–water partition coefficient (Wildman–Crippen LogP) is 6.13. The third-order valence-electron chi connectivity index (χ3n) is 6.67. The number of ether oxygens (including phenoxy) is 3. The van der Waals surface area contributed by atoms with Crippen molar-refractivity contribution in [2.24, 2.45) is 0 Å². The van der Waals surface area contributed by atoms with Gasteiger partial charge in [-0.15, -0.1) is 0 Å². The summed E-state index contributed by atoms with van der Waals surface area (Å²) in [6, 6.07) is 22.9. The Morgan fingerprint density at radius 2 is 1.62 bits per heavy atom. The summed E-state index contributed by atoms with van der Waals surface area (Å²) in [7, 11) is 3.07. The van der Waals surface area contributed by atoms with Crippen LogP contribution in [0.2, 0.25) is 0 Å². The lowest BCUT2D eigenvalue weighted by molar-refractivity contribution is 0.102. The molecule has 9 nitrogen and oxygen atoms in total. The summed E-state index contributed by atoms with van der Waals surface area (Å²) in [6.07, 6.45) is 2.84. The number of fused-ring (bicyclic) bond motifs is 2. The van der Waals surface area contributed by atoms with Gasteiger partial charge < -0.3 is 24.1 Å². The second-order valence-corrected chi connectivity index (χ2v) is 9.22. The van der Waals surface area contributed by atoms with Crippen molar-refractivity contribution in [3.05, 3.63) is 119 Å². The summed E-state index contributed by atoms with van der Waals surface area (Å²) in [6.45, 7) is 0. The van der Waals surface area contributed by atoms with Gasteiger partial charge in [-0.3, -0.25) is 9.59 Å². The Hall–Kier alpha value is -5.77. The summed E-state index contributed by atoms with van der Waals surface area (Å²) in [5.41, 5.74) is 1.68. The van der Waals surface area contributed by atoms with Crippen molar-refractivity contribution in [1.29, 1.82) is 0 Å². The lowest BCUT2D eigenvalue weighted by Gasteiger charge is -2.14. The first-order valence-electron chi connectivity index (χ1n) is 12.8. The monoisotopic (exact) mass is 562 g/mol. The fourth-order valence-electron chi connectivity index (χ4n) is 4.64. The molecule has 1 amide bonds. The van der Waals surface area contributed by atoms with Gasteiger partial charge in [0.15, 0.2) is 11.5 Å². The fraction of sp³-hybridized carbons (Fsp3) is 0.0625. The number of hydrogen-bond acceptors (Lipinski definition) is 7. The Balaban J connectivity index is 1.32. The van der Waals surface area contributed by atoms with Gasteiger partial charge in [-0.1, -0.05) is 18.2 Å². The van der Waals surface area contributed by atoms with E-state index in [0.717, 1.165) is 0 Å². The molecule has 6 aromatic rings. The standard InChI is InChI=1S/C32H23FN4O5/c1-40-28-15-24-26(16-29(28)41-2)34-18-35-32(24)42-22-7-5-6-20(14-22)36-31(39)25-17-37(21-12-10-19(33)11-13-21)27-9-4-3-8-23(27)30(25)38/h3-18H,1-2H3,(H,36,39). The lowest BCUT2D eigenvalue weighted by Crippen LogP contribution is -2.23. The maximum absolute atomic E-state index is 13.6. The molecule has 1 N–H and O–H groups in total. The van der Waals surface area contributed by atoms with Gasteiger partial charge in [0.05, 0.1) is 30.6 Å². The summed E-state index contributed by atoms with van der Waals surface area (Å²) < 4.78 is 32.1. The van der Waals surface area contributed by atoms with E-state index in [-0.39, 0.29) is 11.4 Å². The number of hydrogen-bond donors (Lipinski definition) is 1. The third-order valence-corrected chi connectivity index (χ3v) is 6.67. The quantitative estimate of drug-likeness (QED) is 0.249. The van der Waals surface area contributed by atoms with Crippen molar-refractivity contribution in [2.75, 3.05) is 19.5 Å². The number of anilines is 1. The van der Waals surface area contributed by atoms with Crippen LogP contribution in [-0.4, -0.2) is 34.7 Å². The van der Waals surface area contributed by atoms with Crippen LogP contribution in [0.4, 0.5) is 10.1 Å². The highest BCUT2D eigenvalue weighted by Crippen LogP contribution is 2.36. The smallest absolute Gasteiger partial charge is 0.261 e. The molecule has 0 saturated heterocycles. The molecule has 42 heavy (non-hydrogen) atoms. The van der Waals surface area contributed by atoms with Crippen molar-refractivity contribution in [3.8, 4) is 28.8 Å². The highest BCUT2D eigenvalue weighted by Gasteiger charge is 2.17. The maximum atomic E-state index is 13.6. The van der Waals surface area contributed by atoms with Crippen LogP contribution in [0.5, 0.6) is 23.1 Å². The zero-order chi connectivity index (χ0) is 29.2. The van der Waals surface area contributed by atoms with E-state index in [4.69, 9.17) is 14.2 Å². The number of pyridine rings is 1. The average molecular weight is 563 g/mol. The molecule has 2 heterocycles. The first-order chi connectivity index (χ1) is 20.4. The van der Waals surface area contributed by atoms with E-state index in [1.165, 1.54) is 38.9 Å². The Kier molecular flexibility index (Phi) is 6.93. The first-order valence-corrected chi connectivity index (χ1v) is 12.8. The van der Waals surface area contributed by atoms with Crippen LogP contribution < -0.4 is 25.0 Å². The Morgan fingerprint density at radius 3 is 2.40 bits per heavy atom. The number of halogens is 1. The number of carbonyl (C=O) groups excluding carboxylic acids is 1. The summed E-state index contributed by atoms with van der Waals surface area (Å²) in [4.78, 5) is 35.3. The molecular weight excluding hydrogens is 539 g/mol. The van der Waals surface area contributed by atoms with E-state index in [1.54, 1.807) is 77.4 Å². The van der Waals surface area contributed by atoms with Crippen molar-refractivity contribution in [3.63, 3.8) is 0 Å². The van der Waals surface area contributed by atoms with Crippen molar-refractivity contribution in [1.82, 2.24) is 14.5 Å². The molecule has 6 rings (SSSR count). The third kappa shape index (κ3) is 4.97. The van der Waals surface area contributed by atoms with Crippen LogP contribution in [0.1, 0.15) is 10.4 Å². The number of nitrogens with zero attached hydrogens (tertiary/aromatic N) is 3. The van der Waals surface area contributed by atoms with Gasteiger partial charge in [0, 0.05) is 35.1 Å². The number of methoxy groups -OCH3 is 2. The largest absolute Gasteiger partial charge is 0.493 e. The molecule has 0 spiro atoms. The highest BCUT2D eigenvalue weighted by atomic mass is 19.1. The fourth-order valence-corrected chi connectivity index (χ4v) is 4.64. The van der Waals surface area contributed by atoms with Crippen molar-refractivity contribution >= 4 is 33.4 Å². The highest BCUT2D eigenvalue weighted by molar-refractivity contribution is 6.06. The van der Waals surface area contributed by atoms with E-state index < -0.39 is 17.2 Å². The van der Waals surface area contributed by atoms with Crippen LogP contribution in [-0.2, 0) is 0 Å². The van der Waals surface area contributed by atoms with E-state index in [9.17, 15) is 14.0 Å². The van der Waals surface area contributed by atoms with Gasteiger partial charge in [-0.2, -0.15) is 0 Å². The topological polar surface area (TPSA) is 105 Å². The second-order valence-electron chi connectivity index (χ2n) is 9.22. The lowest BCUT2D eigenvalue weighted by atomic mass is 10.1. The molecule has 4 aromatic carbocycles. The van der Waals surface area contributed by atoms with Crippen molar-refractivity contribution in [2.45, 2.75) is 0 Å². The Labute approximate surface area is 238 Å². The second kappa shape index (κ2) is 11.0. The van der Waals surface area contributed by atoms with Gasteiger partial charge in [0.1, 0.15) is 23.5 Å². The number of rotatable bonds is 7. The summed E-state index contributed by atoms with van der Waals surface area (Å²) in [5, 5.41) is 3.74. The molecule has 208 valence electrons. The number of aromatic nitrogens is 3. The minimum atomic E-state index is -0.608. The molecule has 0 unspecified atom stereocenters. The molecule has 0 saturated carbocycles. The van der Waals surface area contributed by atoms with Crippen LogP contribution in [0.25, 0.3) is 27.5 Å². The number of amides is 1. The maximum Gasteiger partial charge on any atom is 0.261 e. The molecule has 0 bridgehead atoms. The zero-order valence-electron chi connectivity index (χ0n) is 22.5. The molecule has 10 heteroatoms. The van der Waals surface area contributed by atoms with Crippen LogP contribution >= 0.6 is 0 Å². The number of benzene rings is 4. The summed E-state index contributed by atoms with van der Waals surface area (Å²) in [5.74, 6) is 0.686. The molecule has 0 aliphatic heterocycles. The van der Waals surface area contributed by atoms with Gasteiger partial charge in [0.25, 0.3) is 5.91 Å². The summed E-state index contributed by atoms with van der Waals surface area (Å²) >= 11 is 0. The number of nitrogens with one attached hydrogen (secondary N) is 1. The van der Waals surface area contributed by atoms with Crippen LogP contribution in [0.15, 0.2) is 102 Å². The molecule has 0 aliphatic carbocycles. The zero-order valence-corrected chi connectivity index (χ0v) is 22.5. The predicted molar refractivity (Wildman–Crippen MR) is 157 cm³/mol. The number of carbonyl (C=O) groups is 1. The van der Waals surface area contributed by atoms with Gasteiger partial charge >= 0.3 is 0 Å². The Morgan fingerprint density at radius 1 is 0.857 bits per heavy atom. The Bertz CT molecular complexity index is 2030. The normalized spacial score (nSPS) is 10.9. The average Bonchev–Trinajstić information content (AvgIpc) is 3.01. The molecular formula is C32H23FN4O5. The van der Waals surface area contributed by atoms with Crippen LogP contribution in [0, 0.1) is 5.82 Å². The van der Waals surface area contributed by atoms with Crippen molar-refractivity contribution < 1.29 is 23.4 Å². The first kappa shape index (κ1) is 26.5. The molecule has 2 aromatic heterocycles. The van der Waals surface area contributed by atoms with Gasteiger partial charge in [0.2, 0.25) is 11.3 Å². The van der Waals surface area contributed by atoms with Crippen LogP contribution in [0.3, 0.4) is 0 Å². The van der Waals surface area contributed by atoms with E-state index >= 15 is 0 Å². The van der Waals surface area contributed by atoms with E-state index in [0.29, 0.717) is 50.4 Å².